The molecule has 15 heavy (non-hydrogen) atoms. The molecule has 0 bridgehead atoms. The van der Waals surface area contributed by atoms with Gasteiger partial charge < -0.3 is 0 Å². The molecule has 1 aromatic heterocycles. The Labute approximate surface area is 111 Å². The maximum Gasteiger partial charge on any atom is 0.124 e. The molecule has 0 aliphatic carbocycles. The summed E-state index contributed by atoms with van der Waals surface area (Å²) in [6, 6.07) is 9.19. The first kappa shape index (κ1) is 11.1. The van der Waals surface area contributed by atoms with Crippen LogP contribution >= 0.6 is 45.8 Å². The highest BCUT2D eigenvalue weighted by Crippen LogP contribution is 2.31. The SMILES string of the molecule is Clc1cccc(-c2ccc(I)nn2)c1Cl. The van der Waals surface area contributed by atoms with Crippen LogP contribution in [0, 0.1) is 3.70 Å². The van der Waals surface area contributed by atoms with E-state index in [1.54, 1.807) is 6.07 Å². The van der Waals surface area contributed by atoms with Gasteiger partial charge in [-0.3, -0.25) is 0 Å². The van der Waals surface area contributed by atoms with Gasteiger partial charge in [0.05, 0.1) is 15.7 Å². The molecule has 1 heterocycles. The summed E-state index contributed by atoms with van der Waals surface area (Å²) >= 11 is 14.1. The van der Waals surface area contributed by atoms with Crippen molar-refractivity contribution in [1.82, 2.24) is 10.2 Å². The summed E-state index contributed by atoms with van der Waals surface area (Å²) in [6.07, 6.45) is 0. The fourth-order valence-electron chi connectivity index (χ4n) is 1.16. The van der Waals surface area contributed by atoms with E-state index in [-0.39, 0.29) is 0 Å². The molecular weight excluding hydrogens is 346 g/mol. The fourth-order valence-corrected chi connectivity index (χ4v) is 1.85. The minimum Gasteiger partial charge on any atom is -0.149 e. The monoisotopic (exact) mass is 350 g/mol. The van der Waals surface area contributed by atoms with Gasteiger partial charge in [0.15, 0.2) is 0 Å². The summed E-state index contributed by atoms with van der Waals surface area (Å²) in [5.41, 5.74) is 1.52. The minimum absolute atomic E-state index is 0.509. The summed E-state index contributed by atoms with van der Waals surface area (Å²) in [5, 5.41) is 9.04. The first-order valence-corrected chi connectivity index (χ1v) is 5.95. The van der Waals surface area contributed by atoms with E-state index in [1.807, 2.05) is 24.3 Å². The van der Waals surface area contributed by atoms with Crippen molar-refractivity contribution in [2.45, 2.75) is 0 Å². The van der Waals surface area contributed by atoms with E-state index in [2.05, 4.69) is 32.8 Å². The Morgan fingerprint density at radius 2 is 1.80 bits per heavy atom. The Morgan fingerprint density at radius 1 is 1.00 bits per heavy atom. The predicted molar refractivity (Wildman–Crippen MR) is 70.2 cm³/mol. The van der Waals surface area contributed by atoms with Crippen LogP contribution in [0.3, 0.4) is 0 Å². The second kappa shape index (κ2) is 4.63. The van der Waals surface area contributed by atoms with E-state index in [1.165, 1.54) is 0 Å². The summed E-state index contributed by atoms with van der Waals surface area (Å²) < 4.78 is 0.842. The van der Waals surface area contributed by atoms with Crippen molar-refractivity contribution in [2.75, 3.05) is 0 Å². The minimum atomic E-state index is 0.509. The third kappa shape index (κ3) is 2.41. The van der Waals surface area contributed by atoms with Crippen LogP contribution in [0.1, 0.15) is 0 Å². The topological polar surface area (TPSA) is 25.8 Å². The number of hydrogen-bond donors (Lipinski definition) is 0. The second-order valence-corrected chi connectivity index (χ2v) is 4.73. The zero-order valence-corrected chi connectivity index (χ0v) is 11.1. The van der Waals surface area contributed by atoms with Crippen LogP contribution in [0.5, 0.6) is 0 Å². The van der Waals surface area contributed by atoms with Gasteiger partial charge in [-0.25, -0.2) is 0 Å². The van der Waals surface area contributed by atoms with Gasteiger partial charge in [-0.2, -0.15) is 0 Å². The lowest BCUT2D eigenvalue weighted by atomic mass is 10.1. The Balaban J connectivity index is 2.54. The lowest BCUT2D eigenvalue weighted by molar-refractivity contribution is 1.01. The Morgan fingerprint density at radius 3 is 2.47 bits per heavy atom. The van der Waals surface area contributed by atoms with E-state index >= 15 is 0 Å². The highest BCUT2D eigenvalue weighted by atomic mass is 127. The molecule has 0 N–H and O–H groups in total. The molecule has 0 radical (unpaired) electrons. The molecule has 0 amide bonds. The number of rotatable bonds is 1. The van der Waals surface area contributed by atoms with E-state index in [9.17, 15) is 0 Å². The van der Waals surface area contributed by atoms with E-state index in [4.69, 9.17) is 23.2 Å². The second-order valence-electron chi connectivity index (χ2n) is 2.84. The molecule has 0 aliphatic heterocycles. The van der Waals surface area contributed by atoms with Gasteiger partial charge in [0, 0.05) is 5.56 Å². The molecule has 76 valence electrons. The highest BCUT2D eigenvalue weighted by Gasteiger charge is 2.07. The number of benzene rings is 1. The molecule has 0 spiro atoms. The average Bonchev–Trinajstić information content (AvgIpc) is 2.24. The van der Waals surface area contributed by atoms with Gasteiger partial charge in [0.25, 0.3) is 0 Å². The molecule has 0 saturated carbocycles. The molecule has 0 atom stereocenters. The van der Waals surface area contributed by atoms with E-state index in [0.717, 1.165) is 15.0 Å². The summed E-state index contributed by atoms with van der Waals surface area (Å²) in [4.78, 5) is 0. The first-order chi connectivity index (χ1) is 7.18. The van der Waals surface area contributed by atoms with Crippen molar-refractivity contribution in [3.8, 4) is 11.3 Å². The van der Waals surface area contributed by atoms with Crippen LogP contribution in [0.25, 0.3) is 11.3 Å². The maximum atomic E-state index is 6.07. The van der Waals surface area contributed by atoms with Crippen LogP contribution in [-0.4, -0.2) is 10.2 Å². The zero-order chi connectivity index (χ0) is 10.8. The molecule has 2 nitrogen and oxygen atoms in total. The van der Waals surface area contributed by atoms with E-state index in [0.29, 0.717) is 10.0 Å². The van der Waals surface area contributed by atoms with Crippen LogP contribution in [0.2, 0.25) is 10.0 Å². The molecule has 0 fully saturated rings. The molecule has 5 heteroatoms. The molecule has 0 saturated heterocycles. The molecule has 0 aliphatic rings. The van der Waals surface area contributed by atoms with Crippen molar-refractivity contribution in [3.63, 3.8) is 0 Å². The van der Waals surface area contributed by atoms with Crippen molar-refractivity contribution in [3.05, 3.63) is 44.1 Å². The van der Waals surface area contributed by atoms with Gasteiger partial charge >= 0.3 is 0 Å². The van der Waals surface area contributed by atoms with Crippen molar-refractivity contribution in [2.24, 2.45) is 0 Å². The van der Waals surface area contributed by atoms with Gasteiger partial charge in [0.1, 0.15) is 3.70 Å². The Kier molecular flexibility index (Phi) is 3.43. The molecule has 0 unspecified atom stereocenters. The summed E-state index contributed by atoms with van der Waals surface area (Å²) in [5.74, 6) is 0. The Bertz CT molecular complexity index is 485. The normalized spacial score (nSPS) is 10.3. The lowest BCUT2D eigenvalue weighted by Gasteiger charge is -2.03. The van der Waals surface area contributed by atoms with Crippen LogP contribution in [-0.2, 0) is 0 Å². The van der Waals surface area contributed by atoms with Gasteiger partial charge in [-0.1, -0.05) is 35.3 Å². The predicted octanol–water partition coefficient (Wildman–Crippen LogP) is 4.06. The molecule has 1 aromatic carbocycles. The van der Waals surface area contributed by atoms with Crippen LogP contribution < -0.4 is 0 Å². The molecule has 2 aromatic rings. The fraction of sp³-hybridized carbons (Fsp3) is 0. The summed E-state index contributed by atoms with van der Waals surface area (Å²) in [7, 11) is 0. The first-order valence-electron chi connectivity index (χ1n) is 4.12. The number of halogens is 3. The molecule has 2 rings (SSSR count). The standard InChI is InChI=1S/C10H5Cl2IN2/c11-7-3-1-2-6(10(7)12)8-4-5-9(13)15-14-8/h1-5H. The third-order valence-corrected chi connectivity index (χ3v) is 3.25. The maximum absolute atomic E-state index is 6.07. The van der Waals surface area contributed by atoms with Gasteiger partial charge in [-0.15, -0.1) is 10.2 Å². The number of hydrogen-bond acceptors (Lipinski definition) is 2. The zero-order valence-electron chi connectivity index (χ0n) is 7.42. The molecular formula is C10H5Cl2IN2. The van der Waals surface area contributed by atoms with Crippen LogP contribution in [0.4, 0.5) is 0 Å². The lowest BCUT2D eigenvalue weighted by Crippen LogP contribution is -1.90. The van der Waals surface area contributed by atoms with Crippen molar-refractivity contribution < 1.29 is 0 Å². The average molecular weight is 351 g/mol. The largest absolute Gasteiger partial charge is 0.149 e. The van der Waals surface area contributed by atoms with E-state index < -0.39 is 0 Å². The third-order valence-electron chi connectivity index (χ3n) is 1.86. The summed E-state index contributed by atoms with van der Waals surface area (Å²) in [6.45, 7) is 0. The van der Waals surface area contributed by atoms with Crippen LogP contribution in [0.15, 0.2) is 30.3 Å². The number of nitrogens with zero attached hydrogens (tertiary/aromatic N) is 2. The van der Waals surface area contributed by atoms with Crippen molar-refractivity contribution in [1.29, 1.82) is 0 Å². The van der Waals surface area contributed by atoms with Crippen molar-refractivity contribution >= 4 is 45.8 Å². The highest BCUT2D eigenvalue weighted by molar-refractivity contribution is 14.1. The Hall–Kier alpha value is -0.390. The van der Waals surface area contributed by atoms with Gasteiger partial charge in [0.2, 0.25) is 0 Å². The smallest absolute Gasteiger partial charge is 0.124 e. The number of aromatic nitrogens is 2. The van der Waals surface area contributed by atoms with Gasteiger partial charge in [-0.05, 0) is 40.8 Å². The quantitative estimate of drug-likeness (QED) is 0.725.